The van der Waals surface area contributed by atoms with Gasteiger partial charge in [-0.15, -0.1) is 0 Å². The fraction of sp³-hybridized carbons (Fsp3) is 0.476. The third-order valence-corrected chi connectivity index (χ3v) is 6.25. The summed E-state index contributed by atoms with van der Waals surface area (Å²) in [7, 11) is 0. The molecule has 1 atom stereocenters. The Hall–Kier alpha value is -2.67. The summed E-state index contributed by atoms with van der Waals surface area (Å²) in [6.07, 6.45) is 8.13. The summed E-state index contributed by atoms with van der Waals surface area (Å²) in [5.74, 6) is 0.400. The molecule has 146 valence electrons. The highest BCUT2D eigenvalue weighted by molar-refractivity contribution is 6.05. The predicted molar refractivity (Wildman–Crippen MR) is 107 cm³/mol. The molecule has 2 N–H and O–H groups in total. The van der Waals surface area contributed by atoms with Crippen LogP contribution in [0.4, 0.5) is 4.79 Å². The zero-order valence-electron chi connectivity index (χ0n) is 16.1. The molecule has 2 fully saturated rings. The summed E-state index contributed by atoms with van der Waals surface area (Å²) in [6.45, 7) is 4.36. The van der Waals surface area contributed by atoms with Crippen LogP contribution >= 0.6 is 0 Å². The molecule has 0 bridgehead atoms. The van der Waals surface area contributed by atoms with Crippen molar-refractivity contribution in [3.05, 3.63) is 36.3 Å². The van der Waals surface area contributed by atoms with Gasteiger partial charge in [-0.05, 0) is 49.8 Å². The Labute approximate surface area is 163 Å². The predicted octanol–water partition coefficient (Wildman–Crippen LogP) is 2.87. The number of likely N-dealkylation sites (tertiary alicyclic amines) is 2. The van der Waals surface area contributed by atoms with E-state index < -0.39 is 5.60 Å². The lowest BCUT2D eigenvalue weighted by molar-refractivity contribution is 0.0678. The highest BCUT2D eigenvalue weighted by Crippen LogP contribution is 2.35. The maximum Gasteiger partial charge on any atom is 0.320 e. The molecule has 7 nitrogen and oxygen atoms in total. The van der Waals surface area contributed by atoms with E-state index in [0.29, 0.717) is 25.4 Å². The summed E-state index contributed by atoms with van der Waals surface area (Å²) in [5, 5.41) is 12.4. The maximum absolute atomic E-state index is 12.8. The highest BCUT2D eigenvalue weighted by Gasteiger charge is 2.36. The molecule has 0 radical (unpaired) electrons. The smallest absolute Gasteiger partial charge is 0.320 e. The summed E-state index contributed by atoms with van der Waals surface area (Å²) in [6, 6.07) is 4.25. The van der Waals surface area contributed by atoms with Crippen LogP contribution < -0.4 is 0 Å². The minimum absolute atomic E-state index is 0.0630. The molecule has 0 aliphatic carbocycles. The maximum atomic E-state index is 12.8. The van der Waals surface area contributed by atoms with Crippen molar-refractivity contribution in [2.75, 3.05) is 26.2 Å². The van der Waals surface area contributed by atoms with Gasteiger partial charge >= 0.3 is 6.03 Å². The summed E-state index contributed by atoms with van der Waals surface area (Å²) >= 11 is 0. The van der Waals surface area contributed by atoms with Gasteiger partial charge in [-0.3, -0.25) is 4.98 Å². The van der Waals surface area contributed by atoms with Crippen molar-refractivity contribution in [2.45, 2.75) is 37.7 Å². The van der Waals surface area contributed by atoms with E-state index in [1.807, 2.05) is 23.5 Å². The number of β-amino-alcohol motifs (C(OH)–C–C–N with tert-alkyl or cyclic N) is 1. The van der Waals surface area contributed by atoms with Crippen molar-refractivity contribution in [1.82, 2.24) is 24.8 Å². The molecule has 2 amide bonds. The fourth-order valence-corrected chi connectivity index (χ4v) is 4.71. The number of urea groups is 1. The second-order valence-electron chi connectivity index (χ2n) is 8.37. The van der Waals surface area contributed by atoms with Crippen LogP contribution in [0.2, 0.25) is 0 Å². The number of H-pyrrole nitrogens is 1. The van der Waals surface area contributed by atoms with Gasteiger partial charge in [-0.2, -0.15) is 0 Å². The molecule has 0 spiro atoms. The number of nitrogens with zero attached hydrogens (tertiary/aromatic N) is 4. The summed E-state index contributed by atoms with van der Waals surface area (Å²) < 4.78 is 0. The number of pyridine rings is 2. The van der Waals surface area contributed by atoms with Crippen LogP contribution in [0, 0.1) is 0 Å². The number of hydrogen-bond acceptors (Lipinski definition) is 4. The van der Waals surface area contributed by atoms with E-state index >= 15 is 0 Å². The van der Waals surface area contributed by atoms with Gasteiger partial charge in [0.1, 0.15) is 5.65 Å². The molecule has 0 aromatic carbocycles. The number of carbonyl (C=O) groups excluding carboxylic acids is 1. The highest BCUT2D eigenvalue weighted by atomic mass is 16.3. The second kappa shape index (κ2) is 6.44. The largest absolute Gasteiger partial charge is 0.388 e. The van der Waals surface area contributed by atoms with Crippen molar-refractivity contribution >= 4 is 28.0 Å². The normalized spacial score (nSPS) is 23.8. The molecule has 2 saturated heterocycles. The first-order valence-electron chi connectivity index (χ1n) is 9.99. The van der Waals surface area contributed by atoms with Gasteiger partial charge in [-0.1, -0.05) is 0 Å². The summed E-state index contributed by atoms with van der Waals surface area (Å²) in [5.41, 5.74) is 2.35. The number of aromatic nitrogens is 3. The minimum Gasteiger partial charge on any atom is -0.388 e. The molecule has 2 aliphatic heterocycles. The Kier molecular flexibility index (Phi) is 4.01. The number of hydrogen-bond donors (Lipinski definition) is 2. The Balaban J connectivity index is 1.36. The monoisotopic (exact) mass is 379 g/mol. The fourth-order valence-electron chi connectivity index (χ4n) is 4.71. The van der Waals surface area contributed by atoms with Gasteiger partial charge in [-0.25, -0.2) is 9.78 Å². The third-order valence-electron chi connectivity index (χ3n) is 6.25. The lowest BCUT2D eigenvalue weighted by Crippen LogP contribution is -2.46. The van der Waals surface area contributed by atoms with Crippen LogP contribution in [-0.2, 0) is 0 Å². The topological polar surface area (TPSA) is 85.3 Å². The molecular formula is C21H25N5O2. The van der Waals surface area contributed by atoms with Crippen molar-refractivity contribution in [3.63, 3.8) is 0 Å². The minimum atomic E-state index is -0.750. The Morgan fingerprint density at radius 3 is 2.79 bits per heavy atom. The van der Waals surface area contributed by atoms with E-state index in [0.717, 1.165) is 42.5 Å². The molecule has 3 aromatic heterocycles. The Bertz CT molecular complexity index is 1040. The van der Waals surface area contributed by atoms with E-state index in [1.54, 1.807) is 11.8 Å². The van der Waals surface area contributed by atoms with Gasteiger partial charge in [0.05, 0.1) is 23.9 Å². The van der Waals surface area contributed by atoms with Crippen molar-refractivity contribution in [3.8, 4) is 0 Å². The number of aromatic amines is 1. The second-order valence-corrected chi connectivity index (χ2v) is 8.37. The van der Waals surface area contributed by atoms with Gasteiger partial charge in [0.25, 0.3) is 0 Å². The first kappa shape index (κ1) is 17.4. The van der Waals surface area contributed by atoms with Crippen LogP contribution in [-0.4, -0.2) is 67.7 Å². The van der Waals surface area contributed by atoms with Gasteiger partial charge in [0, 0.05) is 42.8 Å². The molecule has 3 aromatic rings. The molecule has 0 saturated carbocycles. The number of piperidine rings is 1. The molecule has 7 heteroatoms. The summed E-state index contributed by atoms with van der Waals surface area (Å²) in [4.78, 5) is 28.7. The van der Waals surface area contributed by atoms with Gasteiger partial charge < -0.3 is 19.9 Å². The first-order chi connectivity index (χ1) is 13.5. The third kappa shape index (κ3) is 2.90. The van der Waals surface area contributed by atoms with E-state index in [1.165, 1.54) is 10.9 Å². The molecule has 5 heterocycles. The van der Waals surface area contributed by atoms with Crippen LogP contribution in [0.5, 0.6) is 0 Å². The quantitative estimate of drug-likeness (QED) is 0.681. The number of carbonyl (C=O) groups is 1. The molecule has 1 unspecified atom stereocenters. The van der Waals surface area contributed by atoms with Crippen LogP contribution in [0.1, 0.15) is 37.7 Å². The van der Waals surface area contributed by atoms with Crippen molar-refractivity contribution in [1.29, 1.82) is 0 Å². The van der Waals surface area contributed by atoms with Crippen LogP contribution in [0.25, 0.3) is 21.9 Å². The number of rotatable bonds is 1. The Morgan fingerprint density at radius 1 is 1.21 bits per heavy atom. The average Bonchev–Trinajstić information content (AvgIpc) is 3.33. The number of aliphatic hydroxyl groups is 1. The Morgan fingerprint density at radius 2 is 2.04 bits per heavy atom. The van der Waals surface area contributed by atoms with Gasteiger partial charge in [0.15, 0.2) is 0 Å². The lowest BCUT2D eigenvalue weighted by Gasteiger charge is -2.35. The van der Waals surface area contributed by atoms with E-state index in [9.17, 15) is 9.90 Å². The van der Waals surface area contributed by atoms with Crippen molar-refractivity contribution in [2.24, 2.45) is 0 Å². The number of fused-ring (bicyclic) bond motifs is 3. The molecular weight excluding hydrogens is 354 g/mol. The van der Waals surface area contributed by atoms with Gasteiger partial charge in [0.2, 0.25) is 0 Å². The standard InChI is InChI=1S/C21H25N5O2/c1-21(28)6-11-26(13-21)20(27)25-9-4-14(5-10-25)15-2-7-22-17-12-24-19-16(18(15)17)3-8-23-19/h2-3,7-8,12,14,28H,4-6,9-11,13H2,1H3,(H,23,24). The van der Waals surface area contributed by atoms with E-state index in [2.05, 4.69) is 27.1 Å². The number of amides is 2. The zero-order chi connectivity index (χ0) is 19.3. The van der Waals surface area contributed by atoms with Crippen LogP contribution in [0.15, 0.2) is 30.7 Å². The van der Waals surface area contributed by atoms with E-state index in [-0.39, 0.29) is 6.03 Å². The van der Waals surface area contributed by atoms with Crippen LogP contribution in [0.3, 0.4) is 0 Å². The molecule has 2 aliphatic rings. The average molecular weight is 379 g/mol. The lowest BCUT2D eigenvalue weighted by atomic mass is 9.87. The van der Waals surface area contributed by atoms with Crippen molar-refractivity contribution < 1.29 is 9.90 Å². The first-order valence-corrected chi connectivity index (χ1v) is 9.99. The zero-order valence-corrected chi connectivity index (χ0v) is 16.1. The van der Waals surface area contributed by atoms with E-state index in [4.69, 9.17) is 0 Å². The SMILES string of the molecule is CC1(O)CCN(C(=O)N2CCC(c3ccnc4cnc5[nH]ccc5c34)CC2)C1. The number of nitrogens with one attached hydrogen (secondary N) is 1. The molecule has 5 rings (SSSR count). The molecule has 28 heavy (non-hydrogen) atoms.